The van der Waals surface area contributed by atoms with Gasteiger partial charge in [-0.2, -0.15) is 0 Å². The molecule has 3 aromatic carbocycles. The molecular formula is C27H22I2N2O4S. The Bertz CT molecular complexity index is 1360. The Hall–Kier alpha value is -2.38. The molecule has 1 N–H and O–H groups in total. The normalized spacial score (nSPS) is 14.4. The molecule has 0 radical (unpaired) electrons. The van der Waals surface area contributed by atoms with Gasteiger partial charge in [0, 0.05) is 14.8 Å². The van der Waals surface area contributed by atoms with Crippen molar-refractivity contribution in [2.75, 3.05) is 11.9 Å². The molecular weight excluding hydrogens is 702 g/mol. The van der Waals surface area contributed by atoms with Gasteiger partial charge in [-0.05, 0) is 106 Å². The van der Waals surface area contributed by atoms with Gasteiger partial charge in [-0.25, -0.2) is 0 Å². The van der Waals surface area contributed by atoms with E-state index in [1.54, 1.807) is 6.08 Å². The fraction of sp³-hybridized carbons (Fsp3) is 0.148. The molecule has 0 spiro atoms. The van der Waals surface area contributed by atoms with Crippen LogP contribution in [0, 0.1) is 21.0 Å². The van der Waals surface area contributed by atoms with E-state index in [0.717, 1.165) is 40.5 Å². The van der Waals surface area contributed by atoms with E-state index < -0.39 is 17.1 Å². The molecule has 3 amide bonds. The second-order valence-corrected chi connectivity index (χ2v) is 11.6. The highest BCUT2D eigenvalue weighted by Gasteiger charge is 2.36. The summed E-state index contributed by atoms with van der Waals surface area (Å²) < 4.78 is 7.99. The first-order valence-corrected chi connectivity index (χ1v) is 14.0. The molecule has 1 aliphatic rings. The van der Waals surface area contributed by atoms with Crippen LogP contribution in [0.5, 0.6) is 5.75 Å². The van der Waals surface area contributed by atoms with Crippen molar-refractivity contribution in [3.8, 4) is 5.75 Å². The Kier molecular flexibility index (Phi) is 8.73. The predicted octanol–water partition coefficient (Wildman–Crippen LogP) is 6.77. The van der Waals surface area contributed by atoms with Crippen LogP contribution in [0.2, 0.25) is 0 Å². The number of carbonyl (C=O) groups excluding carboxylic acids is 3. The lowest BCUT2D eigenvalue weighted by Crippen LogP contribution is -2.36. The number of ether oxygens (including phenoxy) is 1. The number of nitrogens with zero attached hydrogens (tertiary/aromatic N) is 1. The van der Waals surface area contributed by atoms with Crippen LogP contribution >= 0.6 is 56.9 Å². The van der Waals surface area contributed by atoms with Crippen molar-refractivity contribution in [2.45, 2.75) is 20.5 Å². The summed E-state index contributed by atoms with van der Waals surface area (Å²) in [5.74, 6) is -0.282. The Labute approximate surface area is 241 Å². The predicted molar refractivity (Wildman–Crippen MR) is 160 cm³/mol. The highest BCUT2D eigenvalue weighted by molar-refractivity contribution is 14.1. The van der Waals surface area contributed by atoms with E-state index >= 15 is 0 Å². The number of anilines is 1. The third kappa shape index (κ3) is 6.30. The minimum atomic E-state index is -0.496. The highest BCUT2D eigenvalue weighted by atomic mass is 127. The van der Waals surface area contributed by atoms with E-state index in [1.807, 2.05) is 74.5 Å². The van der Waals surface area contributed by atoms with Gasteiger partial charge in [-0.15, -0.1) is 0 Å². The van der Waals surface area contributed by atoms with Gasteiger partial charge in [0.05, 0.1) is 8.48 Å². The molecule has 1 saturated heterocycles. The van der Waals surface area contributed by atoms with E-state index in [4.69, 9.17) is 4.74 Å². The fourth-order valence-electron chi connectivity index (χ4n) is 3.68. The van der Waals surface area contributed by atoms with Crippen LogP contribution in [0.3, 0.4) is 0 Å². The first-order chi connectivity index (χ1) is 17.2. The third-order valence-electron chi connectivity index (χ3n) is 5.47. The lowest BCUT2D eigenvalue weighted by Gasteiger charge is -2.15. The number of rotatable bonds is 7. The number of imide groups is 1. The van der Waals surface area contributed by atoms with E-state index in [2.05, 4.69) is 50.5 Å². The largest absolute Gasteiger partial charge is 0.487 e. The van der Waals surface area contributed by atoms with Gasteiger partial charge in [-0.1, -0.05) is 48.5 Å². The van der Waals surface area contributed by atoms with Crippen molar-refractivity contribution >= 4 is 85.8 Å². The SMILES string of the molecule is Cc1cccc(C)c1NC(=O)CN1C(=O)S/C(=C/c2cc(I)cc(I)c2OCc2ccccc2)C1=O. The van der Waals surface area contributed by atoms with Crippen molar-refractivity contribution in [3.05, 3.63) is 95.0 Å². The molecule has 0 unspecified atom stereocenters. The minimum Gasteiger partial charge on any atom is -0.487 e. The zero-order valence-electron chi connectivity index (χ0n) is 19.5. The van der Waals surface area contributed by atoms with Crippen LogP contribution < -0.4 is 10.1 Å². The summed E-state index contributed by atoms with van der Waals surface area (Å²) in [6, 6.07) is 19.4. The summed E-state index contributed by atoms with van der Waals surface area (Å²) in [4.78, 5) is 39.7. The van der Waals surface area contributed by atoms with Gasteiger partial charge < -0.3 is 10.1 Å². The van der Waals surface area contributed by atoms with Crippen LogP contribution in [-0.4, -0.2) is 28.5 Å². The molecule has 0 atom stereocenters. The van der Waals surface area contributed by atoms with Crippen molar-refractivity contribution in [1.82, 2.24) is 4.90 Å². The summed E-state index contributed by atoms with van der Waals surface area (Å²) in [6.07, 6.45) is 1.67. The molecule has 6 nitrogen and oxygen atoms in total. The van der Waals surface area contributed by atoms with Crippen LogP contribution in [0.15, 0.2) is 65.6 Å². The molecule has 0 bridgehead atoms. The molecule has 0 aliphatic carbocycles. The maximum absolute atomic E-state index is 13.1. The average molecular weight is 724 g/mol. The number of hydrogen-bond donors (Lipinski definition) is 1. The number of halogens is 2. The molecule has 9 heteroatoms. The van der Waals surface area contributed by atoms with E-state index in [-0.39, 0.29) is 11.4 Å². The quantitative estimate of drug-likeness (QED) is 0.215. The number of hydrogen-bond acceptors (Lipinski definition) is 5. The smallest absolute Gasteiger partial charge is 0.294 e. The molecule has 0 aromatic heterocycles. The van der Waals surface area contributed by atoms with Gasteiger partial charge in [0.25, 0.3) is 11.1 Å². The summed E-state index contributed by atoms with van der Waals surface area (Å²) in [5, 5.41) is 2.35. The summed E-state index contributed by atoms with van der Waals surface area (Å²) in [7, 11) is 0. The van der Waals surface area contributed by atoms with E-state index in [1.165, 1.54) is 0 Å². The fourth-order valence-corrected chi connectivity index (χ4v) is 6.56. The Morgan fingerprint density at radius 3 is 2.42 bits per heavy atom. The number of thioether (sulfide) groups is 1. The van der Waals surface area contributed by atoms with Gasteiger partial charge in [0.1, 0.15) is 18.9 Å². The van der Waals surface area contributed by atoms with Crippen molar-refractivity contribution in [2.24, 2.45) is 0 Å². The van der Waals surface area contributed by atoms with Crippen LogP contribution in [0.4, 0.5) is 10.5 Å². The number of amides is 3. The number of carbonyl (C=O) groups is 3. The lowest BCUT2D eigenvalue weighted by atomic mass is 10.1. The Balaban J connectivity index is 1.53. The lowest BCUT2D eigenvalue weighted by molar-refractivity contribution is -0.127. The summed E-state index contributed by atoms with van der Waals surface area (Å²) in [5.41, 5.74) is 4.24. The summed E-state index contributed by atoms with van der Waals surface area (Å²) >= 11 is 5.24. The second kappa shape index (κ2) is 11.8. The maximum atomic E-state index is 13.1. The van der Waals surface area contributed by atoms with Gasteiger partial charge in [-0.3, -0.25) is 19.3 Å². The van der Waals surface area contributed by atoms with Gasteiger partial charge in [0.2, 0.25) is 5.91 Å². The number of para-hydroxylation sites is 1. The highest BCUT2D eigenvalue weighted by Crippen LogP contribution is 2.36. The molecule has 1 fully saturated rings. The van der Waals surface area contributed by atoms with Gasteiger partial charge >= 0.3 is 0 Å². The first-order valence-electron chi connectivity index (χ1n) is 11.0. The standard InChI is InChI=1S/C27H22I2N2O4S/c1-16-7-6-8-17(2)24(16)30-23(32)14-31-26(33)22(36-27(31)34)12-19-11-20(28)13-21(29)25(19)35-15-18-9-4-3-5-10-18/h3-13H,14-15H2,1-2H3,(H,30,32)/b22-12+. The maximum Gasteiger partial charge on any atom is 0.294 e. The monoisotopic (exact) mass is 724 g/mol. The first kappa shape index (κ1) is 26.7. The zero-order valence-corrected chi connectivity index (χ0v) is 24.6. The molecule has 36 heavy (non-hydrogen) atoms. The average Bonchev–Trinajstić information content (AvgIpc) is 3.09. The van der Waals surface area contributed by atoms with Crippen LogP contribution in [-0.2, 0) is 16.2 Å². The molecule has 0 saturated carbocycles. The van der Waals surface area contributed by atoms with Crippen LogP contribution in [0.1, 0.15) is 22.3 Å². The van der Waals surface area contributed by atoms with Crippen LogP contribution in [0.25, 0.3) is 6.08 Å². The molecule has 1 aliphatic heterocycles. The Morgan fingerprint density at radius 1 is 1.03 bits per heavy atom. The number of benzene rings is 3. The zero-order chi connectivity index (χ0) is 25.8. The molecule has 1 heterocycles. The van der Waals surface area contributed by atoms with Gasteiger partial charge in [0.15, 0.2) is 0 Å². The second-order valence-electron chi connectivity index (χ2n) is 8.16. The number of nitrogens with one attached hydrogen (secondary N) is 1. The Morgan fingerprint density at radius 2 is 1.72 bits per heavy atom. The van der Waals surface area contributed by atoms with E-state index in [0.29, 0.717) is 23.6 Å². The molecule has 4 rings (SSSR count). The molecule has 3 aromatic rings. The topological polar surface area (TPSA) is 75.7 Å². The minimum absolute atomic E-state index is 0.252. The molecule has 184 valence electrons. The van der Waals surface area contributed by atoms with Crippen molar-refractivity contribution in [3.63, 3.8) is 0 Å². The third-order valence-corrected chi connectivity index (χ3v) is 7.80. The number of aryl methyl sites for hydroxylation is 2. The van der Waals surface area contributed by atoms with E-state index in [9.17, 15) is 14.4 Å². The van der Waals surface area contributed by atoms with Crippen molar-refractivity contribution < 1.29 is 19.1 Å². The summed E-state index contributed by atoms with van der Waals surface area (Å²) in [6.45, 7) is 3.81. The van der Waals surface area contributed by atoms with Crippen molar-refractivity contribution in [1.29, 1.82) is 0 Å².